The highest BCUT2D eigenvalue weighted by Gasteiger charge is 2.52. The number of fused-ring (bicyclic) bond motifs is 3. The third-order valence-electron chi connectivity index (χ3n) is 10.5. The fraction of sp³-hybridized carbons (Fsp3) is 0.600. The number of carbonyl (C=O) groups excluding carboxylic acids is 1. The largest absolute Gasteiger partial charge is 0.445 e. The van der Waals surface area contributed by atoms with Gasteiger partial charge in [-0.25, -0.2) is 14.1 Å². The highest BCUT2D eigenvalue weighted by atomic mass is 32.2. The summed E-state index contributed by atoms with van der Waals surface area (Å²) in [7, 11) is 0. The van der Waals surface area contributed by atoms with Crippen LogP contribution in [-0.4, -0.2) is 76.9 Å². The van der Waals surface area contributed by atoms with Crippen molar-refractivity contribution in [3.05, 3.63) is 54.1 Å². The summed E-state index contributed by atoms with van der Waals surface area (Å²) in [6.45, 7) is 3.79. The van der Waals surface area contributed by atoms with Gasteiger partial charge in [0.2, 0.25) is 0 Å². The maximum absolute atomic E-state index is 13.6. The summed E-state index contributed by atoms with van der Waals surface area (Å²) in [5, 5.41) is 19.5. The molecule has 8 atom stereocenters. The van der Waals surface area contributed by atoms with Gasteiger partial charge in [-0.15, -0.1) is 0 Å². The maximum atomic E-state index is 13.6. The number of benzene rings is 2. The van der Waals surface area contributed by atoms with Crippen LogP contribution < -0.4 is 10.6 Å². The van der Waals surface area contributed by atoms with Crippen LogP contribution >= 0.6 is 23.3 Å². The number of ether oxygens (including phenoxy) is 3. The SMILES string of the molecule is CC(C1CC1)N(C[C@@H](O)[C@H](Cc1ccccc1)NC(=O)OC1C2CCC3C(OC2)OCC31)Sc1ccc2nc(NC3CC3)sc2c1. The van der Waals surface area contributed by atoms with E-state index in [1.807, 2.05) is 30.3 Å². The molecule has 0 spiro atoms. The minimum absolute atomic E-state index is 0.164. The Morgan fingerprint density at radius 2 is 1.91 bits per heavy atom. The molecule has 3 saturated carbocycles. The molecule has 6 aliphatic rings. The van der Waals surface area contributed by atoms with Crippen LogP contribution in [0.25, 0.3) is 10.2 Å². The summed E-state index contributed by atoms with van der Waals surface area (Å²) in [4.78, 5) is 19.5. The molecule has 3 aromatic rings. The first kappa shape index (κ1) is 30.9. The molecule has 0 radical (unpaired) electrons. The van der Waals surface area contributed by atoms with Crippen molar-refractivity contribution in [1.82, 2.24) is 14.6 Å². The van der Waals surface area contributed by atoms with E-state index in [4.69, 9.17) is 19.2 Å². The maximum Gasteiger partial charge on any atom is 0.407 e. The Kier molecular flexibility index (Phi) is 8.89. The molecular formula is C35H44N4O5S2. The van der Waals surface area contributed by atoms with Crippen LogP contribution in [0.1, 0.15) is 51.0 Å². The zero-order chi connectivity index (χ0) is 31.2. The summed E-state index contributed by atoms with van der Waals surface area (Å²) < 4.78 is 21.5. The molecule has 6 fully saturated rings. The first-order valence-electron chi connectivity index (χ1n) is 17.0. The number of hydrogen-bond donors (Lipinski definition) is 3. The number of aromatic nitrogens is 1. The van der Waals surface area contributed by atoms with Crippen molar-refractivity contribution < 1.29 is 24.1 Å². The van der Waals surface area contributed by atoms with Gasteiger partial charge < -0.3 is 30.0 Å². The number of rotatable bonds is 13. The molecule has 4 heterocycles. The Morgan fingerprint density at radius 3 is 2.72 bits per heavy atom. The lowest BCUT2D eigenvalue weighted by Crippen LogP contribution is -2.51. The quantitative estimate of drug-likeness (QED) is 0.188. The highest BCUT2D eigenvalue weighted by molar-refractivity contribution is 7.97. The second-order valence-corrected chi connectivity index (χ2v) is 16.1. The van der Waals surface area contributed by atoms with Gasteiger partial charge in [0.25, 0.3) is 0 Å². The van der Waals surface area contributed by atoms with E-state index in [1.54, 1.807) is 23.3 Å². The van der Waals surface area contributed by atoms with Crippen molar-refractivity contribution >= 4 is 44.7 Å². The summed E-state index contributed by atoms with van der Waals surface area (Å²) in [5.41, 5.74) is 2.07. The Morgan fingerprint density at radius 1 is 1.09 bits per heavy atom. The predicted octanol–water partition coefficient (Wildman–Crippen LogP) is 6.07. The molecule has 246 valence electrons. The van der Waals surface area contributed by atoms with Crippen LogP contribution in [-0.2, 0) is 20.6 Å². The van der Waals surface area contributed by atoms with E-state index < -0.39 is 18.2 Å². The first-order chi connectivity index (χ1) is 22.5. The van der Waals surface area contributed by atoms with Crippen LogP contribution in [0.5, 0.6) is 0 Å². The molecule has 1 amide bonds. The van der Waals surface area contributed by atoms with E-state index in [9.17, 15) is 9.90 Å². The van der Waals surface area contributed by atoms with Crippen molar-refractivity contribution in [2.24, 2.45) is 23.7 Å². The van der Waals surface area contributed by atoms with Gasteiger partial charge in [-0.05, 0) is 93.5 Å². The lowest BCUT2D eigenvalue weighted by atomic mass is 9.74. The standard InChI is InChI=1S/C35H44N4O5S2/c1-20(22-7-8-22)39(46-25-12-14-28-31(16-25)45-34(37-28)36-24-10-11-24)17-30(40)29(15-21-5-3-2-4-6-21)38-35(41)44-32-23-9-13-26-27(32)19-43-33(26)42-18-23/h2-6,12,14,16,20,22-24,26-27,29-30,32-33,40H,7-11,13,15,17-19H2,1H3,(H,36,37)(H,38,41)/t20?,23?,26?,27?,29-,30+,32?,33?/m0/s1. The predicted molar refractivity (Wildman–Crippen MR) is 180 cm³/mol. The minimum Gasteiger partial charge on any atom is -0.445 e. The van der Waals surface area contributed by atoms with Gasteiger partial charge >= 0.3 is 6.09 Å². The average molecular weight is 665 g/mol. The monoisotopic (exact) mass is 664 g/mol. The molecule has 9 rings (SSSR count). The smallest absolute Gasteiger partial charge is 0.407 e. The highest BCUT2D eigenvalue weighted by Crippen LogP contribution is 2.47. The molecule has 6 unspecified atom stereocenters. The van der Waals surface area contributed by atoms with Crippen molar-refractivity contribution in [2.75, 3.05) is 25.1 Å². The molecule has 2 aromatic carbocycles. The van der Waals surface area contributed by atoms with Gasteiger partial charge in [-0.1, -0.05) is 41.7 Å². The molecule has 3 saturated heterocycles. The summed E-state index contributed by atoms with van der Waals surface area (Å²) in [6, 6.07) is 16.8. The van der Waals surface area contributed by atoms with E-state index in [-0.39, 0.29) is 36.2 Å². The molecule has 9 nitrogen and oxygen atoms in total. The van der Waals surface area contributed by atoms with Crippen molar-refractivity contribution in [3.8, 4) is 0 Å². The molecule has 3 aliphatic heterocycles. The van der Waals surface area contributed by atoms with E-state index >= 15 is 0 Å². The topological polar surface area (TPSA) is 105 Å². The third kappa shape index (κ3) is 6.91. The van der Waals surface area contributed by atoms with E-state index in [1.165, 1.54) is 25.7 Å². The second kappa shape index (κ2) is 13.2. The fourth-order valence-electron chi connectivity index (χ4n) is 7.45. The van der Waals surface area contributed by atoms with E-state index in [2.05, 4.69) is 40.1 Å². The average Bonchev–Trinajstić information content (AvgIpc) is 3.98. The third-order valence-corrected chi connectivity index (χ3v) is 12.6. The molecule has 3 aliphatic carbocycles. The number of hydrogen-bond acceptors (Lipinski definition) is 10. The first-order valence-corrected chi connectivity index (χ1v) is 18.6. The van der Waals surface area contributed by atoms with Crippen LogP contribution in [0, 0.1) is 23.7 Å². The summed E-state index contributed by atoms with van der Waals surface area (Å²) in [5.74, 6) is 1.23. The molecule has 1 aromatic heterocycles. The number of nitrogens with zero attached hydrogens (tertiary/aromatic N) is 2. The van der Waals surface area contributed by atoms with Crippen molar-refractivity contribution in [1.29, 1.82) is 0 Å². The number of anilines is 1. The number of nitrogens with one attached hydrogen (secondary N) is 2. The van der Waals surface area contributed by atoms with Crippen LogP contribution in [0.15, 0.2) is 53.4 Å². The van der Waals surface area contributed by atoms with Crippen molar-refractivity contribution in [3.63, 3.8) is 0 Å². The number of aliphatic hydroxyl groups excluding tert-OH is 1. The number of thiazole rings is 1. The molecular weight excluding hydrogens is 621 g/mol. The minimum atomic E-state index is -0.809. The Bertz CT molecular complexity index is 1520. The number of amides is 1. The van der Waals surface area contributed by atoms with Gasteiger partial charge in [-0.3, -0.25) is 0 Å². The van der Waals surface area contributed by atoms with Gasteiger partial charge in [0, 0.05) is 41.3 Å². The Labute approximate surface area is 278 Å². The van der Waals surface area contributed by atoms with Crippen molar-refractivity contribution in [2.45, 2.75) is 93.4 Å². The van der Waals surface area contributed by atoms with Gasteiger partial charge in [0.15, 0.2) is 11.4 Å². The number of alkyl carbamates (subject to hydrolysis) is 1. The van der Waals surface area contributed by atoms with E-state index in [0.29, 0.717) is 38.1 Å². The molecule has 4 bridgehead atoms. The zero-order valence-electron chi connectivity index (χ0n) is 26.3. The number of carbonyl (C=O) groups is 1. The lowest BCUT2D eigenvalue weighted by Gasteiger charge is -2.36. The molecule has 3 N–H and O–H groups in total. The van der Waals surface area contributed by atoms with Crippen LogP contribution in [0.4, 0.5) is 9.93 Å². The lowest BCUT2D eigenvalue weighted by molar-refractivity contribution is -0.135. The van der Waals surface area contributed by atoms with Gasteiger partial charge in [0.05, 0.1) is 35.6 Å². The van der Waals surface area contributed by atoms with Gasteiger partial charge in [0.1, 0.15) is 6.10 Å². The molecule has 11 heteroatoms. The summed E-state index contributed by atoms with van der Waals surface area (Å²) >= 11 is 3.40. The summed E-state index contributed by atoms with van der Waals surface area (Å²) in [6.07, 6.45) is 5.70. The van der Waals surface area contributed by atoms with Crippen LogP contribution in [0.2, 0.25) is 0 Å². The molecule has 46 heavy (non-hydrogen) atoms. The zero-order valence-corrected chi connectivity index (χ0v) is 27.9. The van der Waals surface area contributed by atoms with E-state index in [0.717, 1.165) is 38.6 Å². The Hall–Kier alpha value is -2.41. The number of aliphatic hydroxyl groups is 1. The van der Waals surface area contributed by atoms with Crippen LogP contribution in [0.3, 0.4) is 0 Å². The second-order valence-electron chi connectivity index (χ2n) is 13.9. The Balaban J connectivity index is 0.978. The van der Waals surface area contributed by atoms with Gasteiger partial charge in [-0.2, -0.15) is 0 Å². The normalized spacial score (nSPS) is 29.0. The fourth-order valence-corrected chi connectivity index (χ4v) is 9.64.